The van der Waals surface area contributed by atoms with Gasteiger partial charge in [-0.25, -0.2) is 4.79 Å². The van der Waals surface area contributed by atoms with E-state index in [1.54, 1.807) is 24.3 Å². The minimum atomic E-state index is -1.46. The van der Waals surface area contributed by atoms with Gasteiger partial charge in [0.1, 0.15) is 0 Å². The molecule has 1 aliphatic carbocycles. The van der Waals surface area contributed by atoms with Crippen molar-refractivity contribution in [1.82, 2.24) is 0 Å². The first-order valence-electron chi connectivity index (χ1n) is 7.92. The Labute approximate surface area is 149 Å². The predicted molar refractivity (Wildman–Crippen MR) is 93.9 cm³/mol. The van der Waals surface area contributed by atoms with Crippen molar-refractivity contribution in [3.63, 3.8) is 0 Å². The topological polar surface area (TPSA) is 101 Å². The van der Waals surface area contributed by atoms with Crippen molar-refractivity contribution in [2.75, 3.05) is 5.32 Å². The number of carboxylic acid groups (broad SMARTS) is 1. The third-order valence-corrected chi connectivity index (χ3v) is 4.13. The monoisotopic (exact) mass is 349 g/mol. The fraction of sp³-hybridized carbons (Fsp3) is 0.100. The number of ketones is 2. The molecule has 2 N–H and O–H groups in total. The SMILES string of the molecule is O=C(O)c1cccc(NC(=O)C2C(=O)C=CC(c3ccccc3)C2=O)c1. The molecule has 0 saturated heterocycles. The molecule has 1 amide bonds. The Morgan fingerprint density at radius 3 is 2.38 bits per heavy atom. The smallest absolute Gasteiger partial charge is 0.335 e. The van der Waals surface area contributed by atoms with E-state index in [9.17, 15) is 19.2 Å². The highest BCUT2D eigenvalue weighted by molar-refractivity contribution is 6.27. The summed E-state index contributed by atoms with van der Waals surface area (Å²) in [7, 11) is 0. The van der Waals surface area contributed by atoms with Gasteiger partial charge in [0.05, 0.1) is 11.5 Å². The number of amides is 1. The van der Waals surface area contributed by atoms with Crippen LogP contribution in [0.15, 0.2) is 66.7 Å². The van der Waals surface area contributed by atoms with Crippen molar-refractivity contribution >= 4 is 29.1 Å². The largest absolute Gasteiger partial charge is 0.478 e. The number of anilines is 1. The van der Waals surface area contributed by atoms with E-state index < -0.39 is 35.3 Å². The summed E-state index contributed by atoms with van der Waals surface area (Å²) >= 11 is 0. The molecule has 6 nitrogen and oxygen atoms in total. The molecule has 2 unspecified atom stereocenters. The van der Waals surface area contributed by atoms with Crippen molar-refractivity contribution in [3.05, 3.63) is 77.9 Å². The molecule has 130 valence electrons. The zero-order valence-electron chi connectivity index (χ0n) is 13.6. The summed E-state index contributed by atoms with van der Waals surface area (Å²) in [6, 6.07) is 14.5. The number of Topliss-reactive ketones (excluding diaryl/α,β-unsaturated/α-hetero) is 1. The van der Waals surface area contributed by atoms with E-state index in [2.05, 4.69) is 5.32 Å². The van der Waals surface area contributed by atoms with E-state index in [0.717, 1.165) is 0 Å². The highest BCUT2D eigenvalue weighted by Gasteiger charge is 2.39. The second-order valence-electron chi connectivity index (χ2n) is 5.86. The van der Waals surface area contributed by atoms with Crippen LogP contribution in [0.2, 0.25) is 0 Å². The summed E-state index contributed by atoms with van der Waals surface area (Å²) in [6.45, 7) is 0. The first-order valence-corrected chi connectivity index (χ1v) is 7.92. The first kappa shape index (κ1) is 17.3. The second kappa shape index (κ2) is 7.14. The second-order valence-corrected chi connectivity index (χ2v) is 5.86. The molecule has 0 fully saturated rings. The minimum Gasteiger partial charge on any atom is -0.478 e. The third-order valence-electron chi connectivity index (χ3n) is 4.13. The Morgan fingerprint density at radius 2 is 1.69 bits per heavy atom. The molecule has 0 aromatic heterocycles. The molecule has 2 aromatic rings. The van der Waals surface area contributed by atoms with E-state index in [1.165, 1.54) is 36.4 Å². The number of aromatic carboxylic acids is 1. The lowest BCUT2D eigenvalue weighted by Gasteiger charge is -2.22. The van der Waals surface area contributed by atoms with E-state index in [0.29, 0.717) is 5.56 Å². The maximum absolute atomic E-state index is 12.7. The maximum atomic E-state index is 12.7. The fourth-order valence-electron chi connectivity index (χ4n) is 2.84. The van der Waals surface area contributed by atoms with Crippen LogP contribution in [-0.4, -0.2) is 28.5 Å². The number of carbonyl (C=O) groups is 4. The maximum Gasteiger partial charge on any atom is 0.335 e. The molecular formula is C20H15NO5. The molecule has 2 aromatic carbocycles. The van der Waals surface area contributed by atoms with Crippen LogP contribution in [0.25, 0.3) is 0 Å². The lowest BCUT2D eigenvalue weighted by atomic mass is 9.80. The average Bonchev–Trinajstić information content (AvgIpc) is 2.62. The number of allylic oxidation sites excluding steroid dienone is 2. The zero-order chi connectivity index (χ0) is 18.7. The van der Waals surface area contributed by atoms with Gasteiger partial charge in [0.2, 0.25) is 5.91 Å². The summed E-state index contributed by atoms with van der Waals surface area (Å²) in [5.41, 5.74) is 0.902. The van der Waals surface area contributed by atoms with Gasteiger partial charge in [0.25, 0.3) is 0 Å². The van der Waals surface area contributed by atoms with Crippen LogP contribution in [0.5, 0.6) is 0 Å². The van der Waals surface area contributed by atoms with Gasteiger partial charge < -0.3 is 10.4 Å². The molecule has 0 bridgehead atoms. The Balaban J connectivity index is 1.83. The van der Waals surface area contributed by atoms with Crippen molar-refractivity contribution in [2.45, 2.75) is 5.92 Å². The summed E-state index contributed by atoms with van der Waals surface area (Å²) in [4.78, 5) is 48.4. The fourth-order valence-corrected chi connectivity index (χ4v) is 2.84. The van der Waals surface area contributed by atoms with Gasteiger partial charge in [0.15, 0.2) is 17.5 Å². The van der Waals surface area contributed by atoms with Crippen LogP contribution in [0.3, 0.4) is 0 Å². The molecule has 0 aliphatic heterocycles. The molecule has 6 heteroatoms. The number of hydrogen-bond acceptors (Lipinski definition) is 4. The van der Waals surface area contributed by atoms with Crippen LogP contribution >= 0.6 is 0 Å². The Bertz CT molecular complexity index is 917. The first-order chi connectivity index (χ1) is 12.5. The number of hydrogen-bond donors (Lipinski definition) is 2. The predicted octanol–water partition coefficient (Wildman–Crippen LogP) is 2.43. The van der Waals surface area contributed by atoms with Crippen LogP contribution in [-0.2, 0) is 14.4 Å². The Kier molecular flexibility index (Phi) is 4.75. The number of carbonyl (C=O) groups excluding carboxylic acids is 3. The number of benzene rings is 2. The van der Waals surface area contributed by atoms with Crippen molar-refractivity contribution in [2.24, 2.45) is 5.92 Å². The molecule has 3 rings (SSSR count). The van der Waals surface area contributed by atoms with E-state index in [1.807, 2.05) is 6.07 Å². The van der Waals surface area contributed by atoms with E-state index >= 15 is 0 Å². The Hall–Kier alpha value is -3.54. The molecule has 26 heavy (non-hydrogen) atoms. The van der Waals surface area contributed by atoms with Gasteiger partial charge in [-0.3, -0.25) is 14.4 Å². The standard InChI is InChI=1S/C20H15NO5/c22-16-10-9-15(12-5-2-1-3-6-12)18(23)17(16)19(24)21-14-8-4-7-13(11-14)20(25)26/h1-11,15,17H,(H,21,24)(H,25,26). The summed E-state index contributed by atoms with van der Waals surface area (Å²) in [6.07, 6.45) is 2.74. The highest BCUT2D eigenvalue weighted by Crippen LogP contribution is 2.27. The van der Waals surface area contributed by atoms with Gasteiger partial charge in [-0.05, 0) is 29.8 Å². The molecule has 1 aliphatic rings. The summed E-state index contributed by atoms with van der Waals surface area (Å²) < 4.78 is 0. The van der Waals surface area contributed by atoms with Gasteiger partial charge in [0, 0.05) is 5.69 Å². The van der Waals surface area contributed by atoms with E-state index in [4.69, 9.17) is 5.11 Å². The van der Waals surface area contributed by atoms with Gasteiger partial charge in [-0.2, -0.15) is 0 Å². The minimum absolute atomic E-state index is 0.00819. The Morgan fingerprint density at radius 1 is 0.962 bits per heavy atom. The average molecular weight is 349 g/mol. The zero-order valence-corrected chi connectivity index (χ0v) is 13.6. The van der Waals surface area contributed by atoms with Crippen molar-refractivity contribution < 1.29 is 24.3 Å². The number of carboxylic acids is 1. The van der Waals surface area contributed by atoms with Crippen molar-refractivity contribution in [3.8, 4) is 0 Å². The molecule has 0 saturated carbocycles. The van der Waals surface area contributed by atoms with Crippen LogP contribution < -0.4 is 5.32 Å². The molecule has 2 atom stereocenters. The number of rotatable bonds is 4. The molecule has 0 spiro atoms. The quantitative estimate of drug-likeness (QED) is 0.826. The molecule has 0 heterocycles. The van der Waals surface area contributed by atoms with Crippen LogP contribution in [0, 0.1) is 5.92 Å². The van der Waals surface area contributed by atoms with Gasteiger partial charge in [-0.1, -0.05) is 42.5 Å². The molecular weight excluding hydrogens is 334 g/mol. The third kappa shape index (κ3) is 3.44. The van der Waals surface area contributed by atoms with Gasteiger partial charge in [-0.15, -0.1) is 0 Å². The van der Waals surface area contributed by atoms with Crippen LogP contribution in [0.1, 0.15) is 21.8 Å². The van der Waals surface area contributed by atoms with Crippen LogP contribution in [0.4, 0.5) is 5.69 Å². The lowest BCUT2D eigenvalue weighted by molar-refractivity contribution is -0.137. The van der Waals surface area contributed by atoms with Gasteiger partial charge >= 0.3 is 5.97 Å². The lowest BCUT2D eigenvalue weighted by Crippen LogP contribution is -2.40. The van der Waals surface area contributed by atoms with Crippen molar-refractivity contribution in [1.29, 1.82) is 0 Å². The molecule has 0 radical (unpaired) electrons. The highest BCUT2D eigenvalue weighted by atomic mass is 16.4. The summed E-state index contributed by atoms with van der Waals surface area (Å²) in [5, 5.41) is 11.5. The number of nitrogens with one attached hydrogen (secondary N) is 1. The van der Waals surface area contributed by atoms with E-state index in [-0.39, 0.29) is 11.3 Å². The normalized spacial score (nSPS) is 19.2. The summed E-state index contributed by atoms with van der Waals surface area (Å²) in [5.74, 6) is -5.14.